The summed E-state index contributed by atoms with van der Waals surface area (Å²) in [5, 5.41) is 0. The Morgan fingerprint density at radius 1 is 1.00 bits per heavy atom. The topological polar surface area (TPSA) is 55.2 Å². The van der Waals surface area contributed by atoms with Gasteiger partial charge in [-0.05, 0) is 30.5 Å². The summed E-state index contributed by atoms with van der Waals surface area (Å²) in [6, 6.07) is 18.6. The van der Waals surface area contributed by atoms with E-state index in [1.165, 1.54) is 11.8 Å². The Kier molecular flexibility index (Phi) is 4.54. The molecule has 1 aromatic heterocycles. The number of aromatic nitrogens is 2. The molecule has 136 valence electrons. The summed E-state index contributed by atoms with van der Waals surface area (Å²) in [4.78, 5) is 4.91. The summed E-state index contributed by atoms with van der Waals surface area (Å²) < 4.78 is 27.4. The van der Waals surface area contributed by atoms with Gasteiger partial charge in [-0.3, -0.25) is 0 Å². The molecule has 26 heavy (non-hydrogen) atoms. The van der Waals surface area contributed by atoms with Gasteiger partial charge in [-0.25, -0.2) is 17.7 Å². The normalized spacial score (nSPS) is 17.0. The zero-order chi connectivity index (χ0) is 18.1. The lowest BCUT2D eigenvalue weighted by Crippen LogP contribution is -2.37. The van der Waals surface area contributed by atoms with Gasteiger partial charge in [0.05, 0.1) is 17.3 Å². The zero-order valence-electron chi connectivity index (χ0n) is 14.9. The summed E-state index contributed by atoms with van der Waals surface area (Å²) >= 11 is 0. The molecule has 2 heterocycles. The molecule has 2 aromatic carbocycles. The Labute approximate surface area is 154 Å². The molecule has 0 N–H and O–H groups in total. The van der Waals surface area contributed by atoms with Crippen LogP contribution in [0.5, 0.6) is 0 Å². The molecule has 0 atom stereocenters. The van der Waals surface area contributed by atoms with Crippen LogP contribution in [0.15, 0.2) is 54.6 Å². The Balaban J connectivity index is 1.68. The molecule has 0 unspecified atom stereocenters. The first kappa shape index (κ1) is 17.2. The van der Waals surface area contributed by atoms with Gasteiger partial charge in [0, 0.05) is 25.6 Å². The molecule has 1 aliphatic rings. The monoisotopic (exact) mass is 369 g/mol. The highest BCUT2D eigenvalue weighted by molar-refractivity contribution is 7.88. The Bertz CT molecular complexity index is 1000. The largest absolute Gasteiger partial charge is 0.323 e. The lowest BCUT2D eigenvalue weighted by atomic mass is 9.97. The second-order valence-corrected chi connectivity index (χ2v) is 8.95. The molecule has 0 radical (unpaired) electrons. The molecule has 6 heteroatoms. The first-order chi connectivity index (χ1) is 12.5. The molecule has 1 saturated heterocycles. The van der Waals surface area contributed by atoms with E-state index >= 15 is 0 Å². The van der Waals surface area contributed by atoms with Crippen molar-refractivity contribution in [1.82, 2.24) is 13.9 Å². The molecule has 1 fully saturated rings. The lowest BCUT2D eigenvalue weighted by molar-refractivity contribution is 0.312. The van der Waals surface area contributed by atoms with E-state index in [2.05, 4.69) is 34.9 Å². The molecule has 1 aliphatic heterocycles. The van der Waals surface area contributed by atoms with Crippen molar-refractivity contribution in [3.05, 3.63) is 66.0 Å². The fourth-order valence-electron chi connectivity index (χ4n) is 3.78. The van der Waals surface area contributed by atoms with E-state index in [0.717, 1.165) is 36.2 Å². The minimum absolute atomic E-state index is 0.282. The number of sulfonamides is 1. The quantitative estimate of drug-likeness (QED) is 0.709. The summed E-state index contributed by atoms with van der Waals surface area (Å²) in [5.41, 5.74) is 3.38. The fraction of sp³-hybridized carbons (Fsp3) is 0.350. The van der Waals surface area contributed by atoms with Gasteiger partial charge >= 0.3 is 0 Å². The van der Waals surface area contributed by atoms with Crippen LogP contribution >= 0.6 is 0 Å². The second kappa shape index (κ2) is 6.85. The average Bonchev–Trinajstić information content (AvgIpc) is 3.01. The van der Waals surface area contributed by atoms with Crippen molar-refractivity contribution in [2.24, 2.45) is 0 Å². The summed E-state index contributed by atoms with van der Waals surface area (Å²) in [6.07, 6.45) is 2.91. The molecular formula is C20H23N3O2S. The van der Waals surface area contributed by atoms with Crippen LogP contribution in [0, 0.1) is 0 Å². The highest BCUT2D eigenvalue weighted by Gasteiger charge is 2.29. The van der Waals surface area contributed by atoms with E-state index in [1.807, 2.05) is 24.3 Å². The van der Waals surface area contributed by atoms with Crippen LogP contribution in [-0.2, 0) is 16.6 Å². The minimum Gasteiger partial charge on any atom is -0.323 e. The zero-order valence-corrected chi connectivity index (χ0v) is 15.7. The third-order valence-corrected chi connectivity index (χ3v) is 6.46. The second-order valence-electron chi connectivity index (χ2n) is 6.97. The Morgan fingerprint density at radius 3 is 2.35 bits per heavy atom. The van der Waals surface area contributed by atoms with Gasteiger partial charge in [-0.1, -0.05) is 42.5 Å². The maximum Gasteiger partial charge on any atom is 0.211 e. The molecule has 0 bridgehead atoms. The van der Waals surface area contributed by atoms with Gasteiger partial charge in [0.25, 0.3) is 0 Å². The van der Waals surface area contributed by atoms with Crippen molar-refractivity contribution in [3.8, 4) is 0 Å². The standard InChI is InChI=1S/C20H23N3O2S/c1-26(24,25)22-13-11-17(12-14-22)20-21-18-9-5-6-10-19(18)23(20)15-16-7-3-2-4-8-16/h2-10,17H,11-15H2,1H3. The maximum absolute atomic E-state index is 11.8. The van der Waals surface area contributed by atoms with Gasteiger partial charge in [-0.2, -0.15) is 0 Å². The highest BCUT2D eigenvalue weighted by Crippen LogP contribution is 2.31. The van der Waals surface area contributed by atoms with Crippen LogP contribution in [-0.4, -0.2) is 41.6 Å². The van der Waals surface area contributed by atoms with E-state index in [4.69, 9.17) is 4.98 Å². The van der Waals surface area contributed by atoms with Crippen LogP contribution in [0.1, 0.15) is 30.1 Å². The molecular weight excluding hydrogens is 346 g/mol. The first-order valence-corrected chi connectivity index (χ1v) is 10.8. The van der Waals surface area contributed by atoms with Crippen LogP contribution in [0.25, 0.3) is 11.0 Å². The molecule has 0 spiro atoms. The van der Waals surface area contributed by atoms with Gasteiger partial charge in [0.15, 0.2) is 0 Å². The smallest absolute Gasteiger partial charge is 0.211 e. The third kappa shape index (κ3) is 3.39. The number of benzene rings is 2. The van der Waals surface area contributed by atoms with Crippen molar-refractivity contribution >= 4 is 21.1 Å². The number of piperidine rings is 1. The highest BCUT2D eigenvalue weighted by atomic mass is 32.2. The molecule has 0 amide bonds. The van der Waals surface area contributed by atoms with Crippen molar-refractivity contribution in [1.29, 1.82) is 0 Å². The number of imidazole rings is 1. The number of hydrogen-bond acceptors (Lipinski definition) is 3. The first-order valence-electron chi connectivity index (χ1n) is 8.96. The van der Waals surface area contributed by atoms with Crippen LogP contribution < -0.4 is 0 Å². The number of fused-ring (bicyclic) bond motifs is 1. The van der Waals surface area contributed by atoms with Crippen molar-refractivity contribution in [3.63, 3.8) is 0 Å². The minimum atomic E-state index is -3.11. The fourth-order valence-corrected chi connectivity index (χ4v) is 4.66. The van der Waals surface area contributed by atoms with Crippen molar-refractivity contribution in [2.45, 2.75) is 25.3 Å². The Hall–Kier alpha value is -2.18. The number of hydrogen-bond donors (Lipinski definition) is 0. The predicted molar refractivity (Wildman–Crippen MR) is 104 cm³/mol. The Morgan fingerprint density at radius 2 is 1.65 bits per heavy atom. The van der Waals surface area contributed by atoms with Crippen LogP contribution in [0.2, 0.25) is 0 Å². The third-order valence-electron chi connectivity index (χ3n) is 5.16. The van der Waals surface area contributed by atoms with E-state index in [1.54, 1.807) is 4.31 Å². The van der Waals surface area contributed by atoms with Crippen LogP contribution in [0.4, 0.5) is 0 Å². The average molecular weight is 369 g/mol. The van der Waals surface area contributed by atoms with Gasteiger partial charge < -0.3 is 4.57 Å². The summed E-state index contributed by atoms with van der Waals surface area (Å²) in [6.45, 7) is 1.92. The van der Waals surface area contributed by atoms with Crippen LogP contribution in [0.3, 0.4) is 0 Å². The summed E-state index contributed by atoms with van der Waals surface area (Å²) in [7, 11) is -3.11. The SMILES string of the molecule is CS(=O)(=O)N1CCC(c2nc3ccccc3n2Cc2ccccc2)CC1. The van der Waals surface area contributed by atoms with E-state index in [-0.39, 0.29) is 5.92 Å². The van der Waals surface area contributed by atoms with Gasteiger partial charge in [0.2, 0.25) is 10.0 Å². The molecule has 3 aromatic rings. The van der Waals surface area contributed by atoms with Crippen molar-refractivity contribution < 1.29 is 8.42 Å². The predicted octanol–water partition coefficient (Wildman–Crippen LogP) is 3.22. The number of nitrogens with zero attached hydrogens (tertiary/aromatic N) is 3. The number of para-hydroxylation sites is 2. The summed E-state index contributed by atoms with van der Waals surface area (Å²) in [5.74, 6) is 1.35. The molecule has 4 rings (SSSR count). The molecule has 0 saturated carbocycles. The van der Waals surface area contributed by atoms with E-state index < -0.39 is 10.0 Å². The van der Waals surface area contributed by atoms with Gasteiger partial charge in [0.1, 0.15) is 5.82 Å². The van der Waals surface area contributed by atoms with E-state index in [9.17, 15) is 8.42 Å². The molecule has 0 aliphatic carbocycles. The van der Waals surface area contributed by atoms with E-state index in [0.29, 0.717) is 13.1 Å². The molecule has 5 nitrogen and oxygen atoms in total. The number of rotatable bonds is 4. The van der Waals surface area contributed by atoms with Crippen molar-refractivity contribution in [2.75, 3.05) is 19.3 Å². The maximum atomic E-state index is 11.8. The lowest BCUT2D eigenvalue weighted by Gasteiger charge is -2.30. The van der Waals surface area contributed by atoms with Gasteiger partial charge in [-0.15, -0.1) is 0 Å².